The van der Waals surface area contributed by atoms with Gasteiger partial charge in [0.1, 0.15) is 0 Å². The maximum absolute atomic E-state index is 12.8. The van der Waals surface area contributed by atoms with Crippen molar-refractivity contribution in [1.82, 2.24) is 4.90 Å². The molecule has 2 fully saturated rings. The van der Waals surface area contributed by atoms with Gasteiger partial charge in [-0.05, 0) is 57.7 Å². The molecule has 1 saturated carbocycles. The van der Waals surface area contributed by atoms with Crippen molar-refractivity contribution in [1.29, 1.82) is 0 Å². The fourth-order valence-electron chi connectivity index (χ4n) is 3.44. The van der Waals surface area contributed by atoms with Gasteiger partial charge in [0.05, 0.1) is 5.54 Å². The molecule has 1 saturated heterocycles. The van der Waals surface area contributed by atoms with Crippen molar-refractivity contribution in [3.63, 3.8) is 0 Å². The minimum Gasteiger partial charge on any atom is -0.297 e. The summed E-state index contributed by atoms with van der Waals surface area (Å²) in [4.78, 5) is 15.1. The molecule has 2 heteroatoms. The average Bonchev–Trinajstić information content (AvgIpc) is 3.02. The van der Waals surface area contributed by atoms with Crippen LogP contribution in [0.4, 0.5) is 0 Å². The molecule has 1 heterocycles. The smallest absolute Gasteiger partial charge is 0.156 e. The van der Waals surface area contributed by atoms with Gasteiger partial charge in [-0.25, -0.2) is 0 Å². The first kappa shape index (κ1) is 12.9. The highest BCUT2D eigenvalue weighted by molar-refractivity contribution is 5.92. The molecule has 2 unspecified atom stereocenters. The van der Waals surface area contributed by atoms with Crippen LogP contribution in [-0.4, -0.2) is 29.3 Å². The summed E-state index contributed by atoms with van der Waals surface area (Å²) in [7, 11) is 0. The van der Waals surface area contributed by atoms with Gasteiger partial charge in [0, 0.05) is 5.92 Å². The van der Waals surface area contributed by atoms with Crippen molar-refractivity contribution >= 4 is 5.78 Å². The van der Waals surface area contributed by atoms with Crippen LogP contribution in [0.15, 0.2) is 30.3 Å². The lowest BCUT2D eigenvalue weighted by molar-refractivity contribution is -0.130. The van der Waals surface area contributed by atoms with Crippen molar-refractivity contribution < 1.29 is 4.79 Å². The van der Waals surface area contributed by atoms with Gasteiger partial charge in [-0.1, -0.05) is 30.3 Å². The zero-order chi connectivity index (χ0) is 13.5. The topological polar surface area (TPSA) is 20.3 Å². The second-order valence-electron chi connectivity index (χ2n) is 6.48. The second kappa shape index (κ2) is 4.75. The quantitative estimate of drug-likeness (QED) is 0.825. The van der Waals surface area contributed by atoms with Gasteiger partial charge in [-0.2, -0.15) is 0 Å². The lowest BCUT2D eigenvalue weighted by Crippen LogP contribution is -2.49. The number of ketones is 1. The summed E-state index contributed by atoms with van der Waals surface area (Å²) in [6.07, 6.45) is 3.52. The summed E-state index contributed by atoms with van der Waals surface area (Å²) in [5.74, 6) is 1.16. The number of hydrogen-bond acceptors (Lipinski definition) is 2. The fourth-order valence-corrected chi connectivity index (χ4v) is 3.44. The van der Waals surface area contributed by atoms with E-state index in [0.717, 1.165) is 19.5 Å². The van der Waals surface area contributed by atoms with Gasteiger partial charge in [0.15, 0.2) is 5.78 Å². The number of nitrogens with zero attached hydrogens (tertiary/aromatic N) is 1. The zero-order valence-electron chi connectivity index (χ0n) is 11.9. The summed E-state index contributed by atoms with van der Waals surface area (Å²) in [6, 6.07) is 10.5. The largest absolute Gasteiger partial charge is 0.297 e. The molecule has 1 aliphatic carbocycles. The number of benzene rings is 1. The van der Waals surface area contributed by atoms with Gasteiger partial charge in [0.2, 0.25) is 0 Å². The third-order valence-corrected chi connectivity index (χ3v) is 4.85. The van der Waals surface area contributed by atoms with Crippen molar-refractivity contribution in [2.24, 2.45) is 5.92 Å². The van der Waals surface area contributed by atoms with Crippen LogP contribution in [0.2, 0.25) is 0 Å². The minimum absolute atomic E-state index is 0.248. The molecular formula is C17H23NO. The third-order valence-electron chi connectivity index (χ3n) is 4.85. The van der Waals surface area contributed by atoms with Crippen LogP contribution in [0, 0.1) is 5.92 Å². The third kappa shape index (κ3) is 2.34. The molecule has 1 aromatic carbocycles. The normalized spacial score (nSPS) is 27.5. The molecule has 19 heavy (non-hydrogen) atoms. The summed E-state index contributed by atoms with van der Waals surface area (Å²) in [5.41, 5.74) is 1.06. The van der Waals surface area contributed by atoms with Crippen LogP contribution >= 0.6 is 0 Å². The Labute approximate surface area is 115 Å². The van der Waals surface area contributed by atoms with Gasteiger partial charge < -0.3 is 0 Å². The first-order chi connectivity index (χ1) is 9.10. The summed E-state index contributed by atoms with van der Waals surface area (Å²) in [6.45, 7) is 6.39. The fraction of sp³-hybridized carbons (Fsp3) is 0.588. The molecular weight excluding hydrogens is 234 g/mol. The number of likely N-dealkylation sites (tertiary alicyclic amines) is 1. The van der Waals surface area contributed by atoms with Crippen LogP contribution in [0.25, 0.3) is 0 Å². The lowest BCUT2D eigenvalue weighted by Gasteiger charge is -2.34. The van der Waals surface area contributed by atoms with E-state index in [2.05, 4.69) is 43.0 Å². The Bertz CT molecular complexity index is 459. The predicted molar refractivity (Wildman–Crippen MR) is 77.2 cm³/mol. The molecule has 102 valence electrons. The maximum Gasteiger partial charge on any atom is 0.156 e. The van der Waals surface area contributed by atoms with Crippen LogP contribution in [0.5, 0.6) is 0 Å². The Hall–Kier alpha value is -1.15. The van der Waals surface area contributed by atoms with E-state index in [9.17, 15) is 4.79 Å². The first-order valence-corrected chi connectivity index (χ1v) is 7.45. The standard InChI is InChI=1S/C17H23NO/c1-17(2,18-10-6-7-11-18)16(19)15-12-14(15)13-8-4-3-5-9-13/h3-5,8-9,14-15H,6-7,10-12H2,1-2H3. The molecule has 3 rings (SSSR count). The van der Waals surface area contributed by atoms with Crippen molar-refractivity contribution in [3.8, 4) is 0 Å². The number of Topliss-reactive ketones (excluding diaryl/α,β-unsaturated/α-hetero) is 1. The molecule has 2 atom stereocenters. The first-order valence-electron chi connectivity index (χ1n) is 7.45. The zero-order valence-corrected chi connectivity index (χ0v) is 11.9. The number of carbonyl (C=O) groups is 1. The predicted octanol–water partition coefficient (Wildman–Crippen LogP) is 3.23. The van der Waals surface area contributed by atoms with Crippen LogP contribution in [0.3, 0.4) is 0 Å². The van der Waals surface area contributed by atoms with Crippen molar-refractivity contribution in [2.45, 2.75) is 44.6 Å². The molecule has 0 amide bonds. The Kier molecular flexibility index (Phi) is 3.22. The highest BCUT2D eigenvalue weighted by atomic mass is 16.1. The summed E-state index contributed by atoms with van der Waals surface area (Å²) < 4.78 is 0. The van der Waals surface area contributed by atoms with Crippen molar-refractivity contribution in [3.05, 3.63) is 35.9 Å². The molecule has 1 aliphatic heterocycles. The molecule has 1 aromatic rings. The Morgan fingerprint density at radius 1 is 1.16 bits per heavy atom. The summed E-state index contributed by atoms with van der Waals surface area (Å²) in [5, 5.41) is 0. The monoisotopic (exact) mass is 257 g/mol. The van der Waals surface area contributed by atoms with E-state index in [4.69, 9.17) is 0 Å². The van der Waals surface area contributed by atoms with E-state index in [1.807, 2.05) is 6.07 Å². The van der Waals surface area contributed by atoms with E-state index in [-0.39, 0.29) is 11.5 Å². The molecule has 0 radical (unpaired) electrons. The van der Waals surface area contributed by atoms with Crippen LogP contribution in [0.1, 0.15) is 44.6 Å². The number of rotatable bonds is 4. The molecule has 2 aliphatic rings. The Morgan fingerprint density at radius 2 is 1.79 bits per heavy atom. The lowest BCUT2D eigenvalue weighted by atomic mass is 9.92. The van der Waals surface area contributed by atoms with E-state index < -0.39 is 0 Å². The molecule has 0 N–H and O–H groups in total. The average molecular weight is 257 g/mol. The van der Waals surface area contributed by atoms with Crippen LogP contribution in [-0.2, 0) is 4.79 Å². The van der Waals surface area contributed by atoms with E-state index in [1.54, 1.807) is 0 Å². The number of carbonyl (C=O) groups excluding carboxylic acids is 1. The van der Waals surface area contributed by atoms with Crippen molar-refractivity contribution in [2.75, 3.05) is 13.1 Å². The number of hydrogen-bond donors (Lipinski definition) is 0. The highest BCUT2D eigenvalue weighted by Crippen LogP contribution is 2.50. The van der Waals surface area contributed by atoms with E-state index in [0.29, 0.717) is 11.7 Å². The Balaban J connectivity index is 1.69. The van der Waals surface area contributed by atoms with E-state index in [1.165, 1.54) is 18.4 Å². The van der Waals surface area contributed by atoms with E-state index >= 15 is 0 Å². The molecule has 2 nitrogen and oxygen atoms in total. The molecule has 0 bridgehead atoms. The van der Waals surface area contributed by atoms with Gasteiger partial charge in [0.25, 0.3) is 0 Å². The SMILES string of the molecule is CC(C)(C(=O)C1CC1c1ccccc1)N1CCCC1. The summed E-state index contributed by atoms with van der Waals surface area (Å²) >= 11 is 0. The minimum atomic E-state index is -0.273. The highest BCUT2D eigenvalue weighted by Gasteiger charge is 2.50. The Morgan fingerprint density at radius 3 is 2.42 bits per heavy atom. The molecule has 0 spiro atoms. The van der Waals surface area contributed by atoms with Gasteiger partial charge in [-0.3, -0.25) is 9.69 Å². The van der Waals surface area contributed by atoms with Gasteiger partial charge >= 0.3 is 0 Å². The maximum atomic E-state index is 12.8. The molecule has 0 aromatic heterocycles. The van der Waals surface area contributed by atoms with Crippen LogP contribution < -0.4 is 0 Å². The van der Waals surface area contributed by atoms with Gasteiger partial charge in [-0.15, -0.1) is 0 Å². The second-order valence-corrected chi connectivity index (χ2v) is 6.48.